The van der Waals surface area contributed by atoms with Crippen molar-refractivity contribution in [2.45, 2.75) is 12.5 Å². The molecule has 2 aliphatic heterocycles. The minimum Gasteiger partial charge on any atom is -0.488 e. The minimum absolute atomic E-state index is 0.0302. The molecule has 0 spiro atoms. The quantitative estimate of drug-likeness (QED) is 0.390. The zero-order valence-electron chi connectivity index (χ0n) is 20.3. The molecule has 3 N–H and O–H groups in total. The molecule has 11 nitrogen and oxygen atoms in total. The van der Waals surface area contributed by atoms with Crippen LogP contribution < -0.4 is 20.5 Å². The van der Waals surface area contributed by atoms with Crippen molar-refractivity contribution in [1.82, 2.24) is 15.2 Å². The van der Waals surface area contributed by atoms with Gasteiger partial charge in [0.15, 0.2) is 0 Å². The average molecular weight is 530 g/mol. The highest BCUT2D eigenvalue weighted by atomic mass is 35.5. The van der Waals surface area contributed by atoms with Gasteiger partial charge < -0.3 is 34.9 Å². The summed E-state index contributed by atoms with van der Waals surface area (Å²) in [5, 5.41) is 2.92. The number of nitrogens with one attached hydrogen (secondary N) is 1. The molecule has 0 saturated carbocycles. The van der Waals surface area contributed by atoms with Crippen molar-refractivity contribution < 1.29 is 28.5 Å². The van der Waals surface area contributed by atoms with Crippen LogP contribution in [0.4, 0.5) is 0 Å². The molecule has 2 amide bonds. The Bertz CT molecular complexity index is 1190. The molecule has 2 saturated heterocycles. The van der Waals surface area contributed by atoms with Gasteiger partial charge in [-0.05, 0) is 30.5 Å². The number of amides is 2. The molecule has 1 unspecified atom stereocenters. The number of carbonyl (C=O) groups excluding carboxylic acids is 2. The third kappa shape index (κ3) is 7.19. The summed E-state index contributed by atoms with van der Waals surface area (Å²) >= 11 is 6.41. The third-order valence-electron chi connectivity index (χ3n) is 5.54. The lowest BCUT2D eigenvalue weighted by molar-refractivity contribution is 0.0302. The minimum atomic E-state index is -0.582. The Balaban J connectivity index is 1.57. The van der Waals surface area contributed by atoms with Gasteiger partial charge in [0.25, 0.3) is 11.8 Å². The highest BCUT2D eigenvalue weighted by molar-refractivity contribution is 6.32. The topological polar surface area (TPSA) is 138 Å². The lowest BCUT2D eigenvalue weighted by Gasteiger charge is -2.26. The molecule has 0 radical (unpaired) electrons. The first-order chi connectivity index (χ1) is 17.9. The van der Waals surface area contributed by atoms with Crippen LogP contribution in [0.2, 0.25) is 5.02 Å². The maximum Gasteiger partial charge on any atom is 0.279 e. The van der Waals surface area contributed by atoms with E-state index in [0.29, 0.717) is 50.8 Å². The van der Waals surface area contributed by atoms with Crippen LogP contribution in [0.3, 0.4) is 0 Å². The van der Waals surface area contributed by atoms with Gasteiger partial charge in [0.1, 0.15) is 28.5 Å². The number of morpholine rings is 1. The fourth-order valence-corrected chi connectivity index (χ4v) is 3.89. The molecular weight excluding hydrogens is 502 g/mol. The third-order valence-corrected chi connectivity index (χ3v) is 5.81. The second-order valence-electron chi connectivity index (χ2n) is 8.28. The summed E-state index contributed by atoms with van der Waals surface area (Å²) in [6.45, 7) is 3.02. The number of nitrogens with two attached hydrogens (primary N) is 1. The van der Waals surface area contributed by atoms with Gasteiger partial charge in [0.05, 0.1) is 32.0 Å². The summed E-state index contributed by atoms with van der Waals surface area (Å²) in [7, 11) is 1.70. The molecule has 2 aromatic rings. The van der Waals surface area contributed by atoms with Gasteiger partial charge in [-0.2, -0.15) is 4.99 Å². The van der Waals surface area contributed by atoms with E-state index < -0.39 is 5.91 Å². The number of pyridine rings is 1. The molecule has 1 aromatic heterocycles. The van der Waals surface area contributed by atoms with Gasteiger partial charge in [-0.1, -0.05) is 11.6 Å². The molecular formula is C25H28ClN5O6. The van der Waals surface area contributed by atoms with Crippen molar-refractivity contribution in [2.75, 3.05) is 46.6 Å². The Morgan fingerprint density at radius 2 is 1.95 bits per heavy atom. The van der Waals surface area contributed by atoms with Crippen LogP contribution in [0.1, 0.15) is 27.1 Å². The first-order valence-corrected chi connectivity index (χ1v) is 12.1. The SMILES string of the molecule is CN/C=C\C(N)=NC(=O)c1cc(Oc2ncc(C(=O)N3CCOCC3)cc2Cl)cc(OC2CCOC2)c1. The highest BCUT2D eigenvalue weighted by Crippen LogP contribution is 2.32. The summed E-state index contributed by atoms with van der Waals surface area (Å²) < 4.78 is 22.6. The van der Waals surface area contributed by atoms with E-state index in [9.17, 15) is 9.59 Å². The molecule has 3 heterocycles. The van der Waals surface area contributed by atoms with E-state index >= 15 is 0 Å². The number of amidine groups is 1. The smallest absolute Gasteiger partial charge is 0.279 e. The average Bonchev–Trinajstić information content (AvgIpc) is 3.41. The lowest BCUT2D eigenvalue weighted by atomic mass is 10.2. The van der Waals surface area contributed by atoms with Crippen LogP contribution >= 0.6 is 11.6 Å². The van der Waals surface area contributed by atoms with Crippen LogP contribution in [0.15, 0.2) is 47.7 Å². The Hall–Kier alpha value is -3.67. The maximum absolute atomic E-state index is 12.8. The Labute approximate surface area is 219 Å². The number of ether oxygens (including phenoxy) is 4. The Kier molecular flexibility index (Phi) is 8.94. The normalized spacial score (nSPS) is 18.2. The zero-order chi connectivity index (χ0) is 26.2. The van der Waals surface area contributed by atoms with Crippen LogP contribution in [0, 0.1) is 0 Å². The number of halogens is 1. The van der Waals surface area contributed by atoms with E-state index in [-0.39, 0.29) is 40.1 Å². The van der Waals surface area contributed by atoms with Gasteiger partial charge in [0.2, 0.25) is 5.88 Å². The van der Waals surface area contributed by atoms with Crippen LogP contribution in [-0.4, -0.2) is 80.2 Å². The first kappa shape index (κ1) is 26.4. The monoisotopic (exact) mass is 529 g/mol. The van der Waals surface area contributed by atoms with Crippen LogP contribution in [-0.2, 0) is 9.47 Å². The number of hydrogen-bond acceptors (Lipinski definition) is 8. The highest BCUT2D eigenvalue weighted by Gasteiger charge is 2.22. The van der Waals surface area contributed by atoms with Crippen LogP contribution in [0.5, 0.6) is 17.4 Å². The number of aliphatic imine (C=N–C) groups is 1. The van der Waals surface area contributed by atoms with Crippen LogP contribution in [0.25, 0.3) is 0 Å². The predicted octanol–water partition coefficient (Wildman–Crippen LogP) is 2.40. The van der Waals surface area contributed by atoms with E-state index in [0.717, 1.165) is 6.42 Å². The lowest BCUT2D eigenvalue weighted by Crippen LogP contribution is -2.40. The van der Waals surface area contributed by atoms with Gasteiger partial charge in [-0.3, -0.25) is 9.59 Å². The van der Waals surface area contributed by atoms with Crippen molar-refractivity contribution in [1.29, 1.82) is 0 Å². The van der Waals surface area contributed by atoms with Crippen molar-refractivity contribution in [3.63, 3.8) is 0 Å². The number of nitrogens with zero attached hydrogens (tertiary/aromatic N) is 3. The van der Waals surface area contributed by atoms with Gasteiger partial charge in [-0.25, -0.2) is 4.98 Å². The van der Waals surface area contributed by atoms with E-state index in [1.165, 1.54) is 24.4 Å². The van der Waals surface area contributed by atoms with Gasteiger partial charge in [0, 0.05) is 44.4 Å². The first-order valence-electron chi connectivity index (χ1n) is 11.7. The second-order valence-corrected chi connectivity index (χ2v) is 8.69. The number of aromatic nitrogens is 1. The van der Waals surface area contributed by atoms with Crippen molar-refractivity contribution in [3.05, 3.63) is 58.9 Å². The number of rotatable bonds is 8. The standard InChI is InChI=1S/C25H28ClN5O6/c1-28-4-2-22(27)30-23(32)16-10-19(36-18-3-7-35-15-18)13-20(11-16)37-24-21(26)12-17(14-29-24)25(33)31-5-8-34-9-6-31/h2,4,10-14,18,28H,3,5-9,15H2,1H3,(H2,27,30,32)/b4-2-. The molecule has 0 aliphatic carbocycles. The maximum atomic E-state index is 12.8. The molecule has 0 bridgehead atoms. The fourth-order valence-electron chi connectivity index (χ4n) is 3.69. The summed E-state index contributed by atoms with van der Waals surface area (Å²) in [5.41, 5.74) is 6.34. The van der Waals surface area contributed by atoms with E-state index in [1.807, 2.05) is 0 Å². The summed E-state index contributed by atoms with van der Waals surface area (Å²) in [4.78, 5) is 35.4. The molecule has 196 valence electrons. The summed E-state index contributed by atoms with van der Waals surface area (Å²) in [6, 6.07) is 6.17. The fraction of sp³-hybridized carbons (Fsp3) is 0.360. The Morgan fingerprint density at radius 1 is 1.16 bits per heavy atom. The second kappa shape index (κ2) is 12.5. The van der Waals surface area contributed by atoms with Gasteiger partial charge in [-0.15, -0.1) is 0 Å². The molecule has 12 heteroatoms. The van der Waals surface area contributed by atoms with Crippen molar-refractivity contribution in [3.8, 4) is 17.4 Å². The zero-order valence-corrected chi connectivity index (χ0v) is 21.1. The van der Waals surface area contributed by atoms with E-state index in [4.69, 9.17) is 36.3 Å². The molecule has 4 rings (SSSR count). The molecule has 1 aromatic carbocycles. The largest absolute Gasteiger partial charge is 0.488 e. The number of benzene rings is 1. The molecule has 37 heavy (non-hydrogen) atoms. The summed E-state index contributed by atoms with van der Waals surface area (Å²) in [6.07, 6.45) is 4.99. The van der Waals surface area contributed by atoms with Gasteiger partial charge >= 0.3 is 0 Å². The molecule has 1 atom stereocenters. The molecule has 2 fully saturated rings. The van der Waals surface area contributed by atoms with E-state index in [2.05, 4.69) is 15.3 Å². The Morgan fingerprint density at radius 3 is 2.65 bits per heavy atom. The van der Waals surface area contributed by atoms with Crippen molar-refractivity contribution >= 4 is 29.3 Å². The number of carbonyl (C=O) groups is 2. The number of hydrogen-bond donors (Lipinski definition) is 2. The van der Waals surface area contributed by atoms with E-state index in [1.54, 1.807) is 30.3 Å². The molecule has 2 aliphatic rings. The van der Waals surface area contributed by atoms with Crippen molar-refractivity contribution in [2.24, 2.45) is 10.7 Å². The summed E-state index contributed by atoms with van der Waals surface area (Å²) in [5.74, 6) is -0.0228. The predicted molar refractivity (Wildman–Crippen MR) is 136 cm³/mol.